The van der Waals surface area contributed by atoms with Crippen LogP contribution in [0.15, 0.2) is 47.4 Å². The smallest absolute Gasteiger partial charge is 0.280 e. The lowest BCUT2D eigenvalue weighted by Crippen LogP contribution is -2.43. The summed E-state index contributed by atoms with van der Waals surface area (Å²) in [6.45, 7) is 7.26. The topological polar surface area (TPSA) is 109 Å². The molecule has 9 nitrogen and oxygen atoms in total. The molecule has 2 atom stereocenters. The predicted molar refractivity (Wildman–Crippen MR) is 167 cm³/mol. The largest absolute Gasteiger partial charge is 0.494 e. The molecule has 2 saturated heterocycles. The number of rotatable bonds is 7. The lowest BCUT2D eigenvalue weighted by molar-refractivity contribution is 0.0807. The Balaban J connectivity index is 1.60. The van der Waals surface area contributed by atoms with Crippen molar-refractivity contribution in [2.75, 3.05) is 27.4 Å². The highest BCUT2D eigenvalue weighted by atomic mass is 32.2. The van der Waals surface area contributed by atoms with Gasteiger partial charge in [-0.2, -0.15) is 0 Å². The van der Waals surface area contributed by atoms with Gasteiger partial charge >= 0.3 is 0 Å². The molecule has 0 aromatic carbocycles. The highest BCUT2D eigenvalue weighted by Crippen LogP contribution is 2.35. The number of hydrogen-bond acceptors (Lipinski definition) is 9. The van der Waals surface area contributed by atoms with Crippen LogP contribution in [0.3, 0.4) is 0 Å². The maximum Gasteiger partial charge on any atom is 0.280 e. The number of nitrogens with one attached hydrogen (secondary N) is 4. The minimum atomic E-state index is -2.81. The van der Waals surface area contributed by atoms with E-state index >= 15 is 0 Å². The van der Waals surface area contributed by atoms with E-state index in [1.807, 2.05) is 33.9 Å². The van der Waals surface area contributed by atoms with Crippen LogP contribution in [-0.2, 0) is 4.74 Å². The average molecular weight is 623 g/mol. The Morgan fingerprint density at radius 1 is 1.14 bits per heavy atom. The molecule has 4 heterocycles. The van der Waals surface area contributed by atoms with Gasteiger partial charge in [-0.25, -0.2) is 24.6 Å². The van der Waals surface area contributed by atoms with E-state index in [2.05, 4.69) is 55.1 Å². The van der Waals surface area contributed by atoms with Crippen molar-refractivity contribution in [3.63, 3.8) is 0 Å². The van der Waals surface area contributed by atoms with Crippen LogP contribution in [0.4, 0.5) is 8.78 Å². The first-order valence-corrected chi connectivity index (χ1v) is 15.1. The lowest BCUT2D eigenvalue weighted by atomic mass is 9.98. The van der Waals surface area contributed by atoms with Gasteiger partial charge in [0.25, 0.3) is 12.3 Å². The highest BCUT2D eigenvalue weighted by Gasteiger charge is 2.27. The number of hydrogen-bond donors (Lipinski definition) is 4. The van der Waals surface area contributed by atoms with Crippen LogP contribution in [-0.4, -0.2) is 54.1 Å². The van der Waals surface area contributed by atoms with Gasteiger partial charge in [0.05, 0.1) is 18.9 Å². The number of thioether (sulfide) groups is 1. The normalized spacial score (nSPS) is 18.5. The number of aromatic nitrogens is 2. The third-order valence-electron chi connectivity index (χ3n) is 6.91. The zero-order valence-corrected chi connectivity index (χ0v) is 26.1. The summed E-state index contributed by atoms with van der Waals surface area (Å²) in [6, 6.07) is 2.85. The first-order valence-electron chi connectivity index (χ1n) is 14.1. The van der Waals surface area contributed by atoms with E-state index in [4.69, 9.17) is 9.47 Å². The molecule has 4 N–H and O–H groups in total. The second-order valence-electron chi connectivity index (χ2n) is 10.3. The molecule has 4 rings (SSSR count). The van der Waals surface area contributed by atoms with Gasteiger partial charge in [-0.3, -0.25) is 9.78 Å². The van der Waals surface area contributed by atoms with Gasteiger partial charge < -0.3 is 20.1 Å². The standard InChI is InChI=1S/C32H36F2N6O3S/c1-19(2)22(14-20(3)35-4)7-9-29-39-40-32(44-29)38-31(41)26-17-36-23(8-6-21-10-12-43-13-11-21)15-24(26)25-16-27(30(33)34)37-18-28(25)42-5/h14-18,21,29-30,32,35,39-40H,10-13H2,1-5H3,(H,38,41)/b20-14-. The van der Waals surface area contributed by atoms with Gasteiger partial charge in [-0.15, -0.1) is 0 Å². The SMILES string of the molecule is CN/C(C)=C\C(C#CC1NNC(NC(=O)c2cnc(C#CC3CCOCC3)cc2-c2cc(C(F)F)ncc2OC)S1)=C(C)C. The maximum atomic E-state index is 13.6. The minimum Gasteiger partial charge on any atom is -0.494 e. The first kappa shape index (κ1) is 33.0. The molecule has 2 fully saturated rings. The third kappa shape index (κ3) is 8.80. The van der Waals surface area contributed by atoms with Crippen molar-refractivity contribution in [2.24, 2.45) is 5.92 Å². The van der Waals surface area contributed by atoms with E-state index in [9.17, 15) is 13.6 Å². The Labute approximate surface area is 261 Å². The summed E-state index contributed by atoms with van der Waals surface area (Å²) in [4.78, 5) is 21.8. The van der Waals surface area contributed by atoms with Crippen LogP contribution in [0, 0.1) is 29.6 Å². The molecule has 2 aromatic heterocycles. The summed E-state index contributed by atoms with van der Waals surface area (Å²) in [6.07, 6.45) is 3.45. The molecule has 1 amide bonds. The Bertz CT molecular complexity index is 1550. The molecule has 232 valence electrons. The van der Waals surface area contributed by atoms with Crippen molar-refractivity contribution < 1.29 is 23.0 Å². The number of allylic oxidation sites excluding steroid dienone is 4. The Morgan fingerprint density at radius 2 is 1.91 bits per heavy atom. The van der Waals surface area contributed by atoms with E-state index in [0.717, 1.165) is 29.7 Å². The number of methoxy groups -OCH3 is 1. The molecule has 2 unspecified atom stereocenters. The van der Waals surface area contributed by atoms with Crippen molar-refractivity contribution in [1.82, 2.24) is 31.5 Å². The number of ether oxygens (including phenoxy) is 2. The van der Waals surface area contributed by atoms with Crippen molar-refractivity contribution in [3.8, 4) is 40.6 Å². The molecule has 0 saturated carbocycles. The molecular weight excluding hydrogens is 586 g/mol. The van der Waals surface area contributed by atoms with Crippen LogP contribution >= 0.6 is 11.8 Å². The average Bonchev–Trinajstić information content (AvgIpc) is 3.48. The van der Waals surface area contributed by atoms with Crippen LogP contribution in [0.25, 0.3) is 11.1 Å². The number of alkyl halides is 2. The highest BCUT2D eigenvalue weighted by molar-refractivity contribution is 8.00. The van der Waals surface area contributed by atoms with E-state index < -0.39 is 23.5 Å². The van der Waals surface area contributed by atoms with E-state index in [1.165, 1.54) is 37.3 Å². The van der Waals surface area contributed by atoms with Crippen molar-refractivity contribution >= 4 is 17.7 Å². The second-order valence-corrected chi connectivity index (χ2v) is 11.5. The quantitative estimate of drug-likeness (QED) is 0.262. The number of carbonyl (C=O) groups excluding carboxylic acids is 1. The van der Waals surface area contributed by atoms with Crippen LogP contribution < -0.4 is 26.2 Å². The fourth-order valence-corrected chi connectivity index (χ4v) is 5.17. The molecular formula is C32H36F2N6O3S. The lowest BCUT2D eigenvalue weighted by Gasteiger charge is -2.17. The Morgan fingerprint density at radius 3 is 2.59 bits per heavy atom. The molecule has 2 aliphatic rings. The second kappa shape index (κ2) is 15.7. The van der Waals surface area contributed by atoms with Crippen LogP contribution in [0.5, 0.6) is 5.75 Å². The molecule has 0 aliphatic carbocycles. The van der Waals surface area contributed by atoms with Gasteiger partial charge in [-0.05, 0) is 57.7 Å². The van der Waals surface area contributed by atoms with E-state index in [0.29, 0.717) is 24.5 Å². The molecule has 2 aliphatic heterocycles. The van der Waals surface area contributed by atoms with Gasteiger partial charge in [0.1, 0.15) is 28.0 Å². The van der Waals surface area contributed by atoms with Gasteiger partial charge in [-0.1, -0.05) is 35.1 Å². The monoisotopic (exact) mass is 622 g/mol. The van der Waals surface area contributed by atoms with Crippen molar-refractivity contribution in [3.05, 3.63) is 64.4 Å². The number of nitrogens with zero attached hydrogens (tertiary/aromatic N) is 2. The molecule has 44 heavy (non-hydrogen) atoms. The first-order chi connectivity index (χ1) is 21.2. The van der Waals surface area contributed by atoms with Crippen molar-refractivity contribution in [1.29, 1.82) is 0 Å². The zero-order chi connectivity index (χ0) is 31.6. The van der Waals surface area contributed by atoms with Crippen LogP contribution in [0.1, 0.15) is 61.8 Å². The molecule has 0 bridgehead atoms. The third-order valence-corrected chi connectivity index (χ3v) is 7.92. The van der Waals surface area contributed by atoms with Gasteiger partial charge in [0.15, 0.2) is 0 Å². The predicted octanol–water partition coefficient (Wildman–Crippen LogP) is 4.51. The zero-order valence-electron chi connectivity index (χ0n) is 25.3. The summed E-state index contributed by atoms with van der Waals surface area (Å²) in [5.41, 5.74) is 9.33. The molecule has 12 heteroatoms. The summed E-state index contributed by atoms with van der Waals surface area (Å²) in [5.74, 6) is 12.6. The van der Waals surface area contributed by atoms with Gasteiger partial charge in [0.2, 0.25) is 0 Å². The summed E-state index contributed by atoms with van der Waals surface area (Å²) >= 11 is 1.38. The Hall–Kier alpha value is -3.94. The number of halogens is 2. The maximum absolute atomic E-state index is 13.6. The molecule has 0 spiro atoms. The number of pyridine rings is 2. The summed E-state index contributed by atoms with van der Waals surface area (Å²) < 4.78 is 38.1. The minimum absolute atomic E-state index is 0.169. The fraction of sp³-hybridized carbons (Fsp3) is 0.406. The fourth-order valence-electron chi connectivity index (χ4n) is 4.33. The number of amides is 1. The molecule has 2 aromatic rings. The molecule has 0 radical (unpaired) electrons. The van der Waals surface area contributed by atoms with E-state index in [-0.39, 0.29) is 28.2 Å². The number of hydrazine groups is 1. The van der Waals surface area contributed by atoms with Crippen LogP contribution in [0.2, 0.25) is 0 Å². The number of carbonyl (C=O) groups is 1. The summed E-state index contributed by atoms with van der Waals surface area (Å²) in [5, 5.41) is 5.71. The van der Waals surface area contributed by atoms with E-state index in [1.54, 1.807) is 6.07 Å². The Kier molecular flexibility index (Phi) is 11.8. The van der Waals surface area contributed by atoms with Crippen molar-refractivity contribution in [2.45, 2.75) is 50.9 Å². The van der Waals surface area contributed by atoms with Gasteiger partial charge in [0, 0.05) is 54.8 Å². The summed E-state index contributed by atoms with van der Waals surface area (Å²) in [7, 11) is 3.27.